The summed E-state index contributed by atoms with van der Waals surface area (Å²) in [5.41, 5.74) is 2.42. The highest BCUT2D eigenvalue weighted by molar-refractivity contribution is 6.31. The van der Waals surface area contributed by atoms with Crippen LogP contribution >= 0.6 is 11.6 Å². The molecule has 1 heterocycles. The molecule has 2 aromatic rings. The molecule has 0 unspecified atom stereocenters. The van der Waals surface area contributed by atoms with Gasteiger partial charge < -0.3 is 10.1 Å². The number of nitrogens with one attached hydrogen (secondary N) is 1. The van der Waals surface area contributed by atoms with E-state index in [4.69, 9.17) is 16.3 Å². The minimum Gasteiger partial charge on any atom is -0.491 e. The molecule has 0 aliphatic heterocycles. The molecular weight excluding hydrogens is 293 g/mol. The third-order valence-corrected chi connectivity index (χ3v) is 3.63. The second-order valence-corrected chi connectivity index (χ2v) is 4.99. The van der Waals surface area contributed by atoms with Gasteiger partial charge >= 0.3 is 0 Å². The first-order valence-corrected chi connectivity index (χ1v) is 7.31. The second kappa shape index (κ2) is 6.80. The van der Waals surface area contributed by atoms with Gasteiger partial charge in [0.1, 0.15) is 0 Å². The zero-order chi connectivity index (χ0) is 15.4. The first-order chi connectivity index (χ1) is 10.1. The number of halogens is 2. The number of hydrogen-bond acceptors (Lipinski definition) is 3. The van der Waals surface area contributed by atoms with Gasteiger partial charge in [-0.05, 0) is 25.5 Å². The van der Waals surface area contributed by atoms with Crippen LogP contribution in [0.4, 0.5) is 10.1 Å². The summed E-state index contributed by atoms with van der Waals surface area (Å²) in [4.78, 5) is 0. The van der Waals surface area contributed by atoms with Crippen molar-refractivity contribution < 1.29 is 9.13 Å². The van der Waals surface area contributed by atoms with E-state index in [9.17, 15) is 4.39 Å². The lowest BCUT2D eigenvalue weighted by molar-refractivity contribution is 0.321. The quantitative estimate of drug-likeness (QED) is 0.882. The molecule has 4 nitrogen and oxygen atoms in total. The SMILES string of the molecule is CCOc1ccc(NCc2c(Cl)c(CC)nn2C)cc1F. The molecule has 0 aliphatic rings. The number of rotatable bonds is 6. The molecule has 0 bridgehead atoms. The highest BCUT2D eigenvalue weighted by atomic mass is 35.5. The van der Waals surface area contributed by atoms with Gasteiger partial charge in [-0.15, -0.1) is 0 Å². The molecule has 2 rings (SSSR count). The monoisotopic (exact) mass is 311 g/mol. The minimum atomic E-state index is -0.382. The van der Waals surface area contributed by atoms with E-state index in [1.165, 1.54) is 6.07 Å². The molecule has 1 aromatic carbocycles. The van der Waals surface area contributed by atoms with Crippen molar-refractivity contribution in [1.82, 2.24) is 9.78 Å². The van der Waals surface area contributed by atoms with E-state index in [2.05, 4.69) is 10.4 Å². The van der Waals surface area contributed by atoms with Crippen LogP contribution < -0.4 is 10.1 Å². The second-order valence-electron chi connectivity index (χ2n) is 4.62. The standard InChI is InChI=1S/C15H19ClFN3O/c1-4-12-15(16)13(20(3)19-12)9-18-10-6-7-14(21-5-2)11(17)8-10/h6-8,18H,4-5,9H2,1-3H3. The van der Waals surface area contributed by atoms with Gasteiger partial charge in [-0.3, -0.25) is 4.68 Å². The minimum absolute atomic E-state index is 0.259. The fourth-order valence-electron chi connectivity index (χ4n) is 2.08. The van der Waals surface area contributed by atoms with E-state index in [0.29, 0.717) is 23.9 Å². The first-order valence-electron chi connectivity index (χ1n) is 6.93. The summed E-state index contributed by atoms with van der Waals surface area (Å²) in [6.45, 7) is 4.75. The molecule has 0 saturated heterocycles. The van der Waals surface area contributed by atoms with Crippen LogP contribution in [0, 0.1) is 5.82 Å². The predicted octanol–water partition coefficient (Wildman–Crippen LogP) is 3.79. The Hall–Kier alpha value is -1.75. The van der Waals surface area contributed by atoms with Gasteiger partial charge in [-0.2, -0.15) is 5.10 Å². The van der Waals surface area contributed by atoms with Crippen LogP contribution in [-0.2, 0) is 20.0 Å². The summed E-state index contributed by atoms with van der Waals surface area (Å²) in [6, 6.07) is 4.80. The molecular formula is C15H19ClFN3O. The molecule has 0 aliphatic carbocycles. The Morgan fingerprint density at radius 1 is 1.38 bits per heavy atom. The molecule has 0 saturated carbocycles. The number of benzene rings is 1. The number of hydrogen-bond donors (Lipinski definition) is 1. The number of anilines is 1. The van der Waals surface area contributed by atoms with Crippen molar-refractivity contribution in [3.63, 3.8) is 0 Å². The molecule has 0 radical (unpaired) electrons. The van der Waals surface area contributed by atoms with Crippen LogP contribution in [0.15, 0.2) is 18.2 Å². The van der Waals surface area contributed by atoms with Crippen LogP contribution in [0.25, 0.3) is 0 Å². The molecule has 0 atom stereocenters. The van der Waals surface area contributed by atoms with Crippen LogP contribution in [0.3, 0.4) is 0 Å². The van der Waals surface area contributed by atoms with Crippen molar-refractivity contribution in [2.24, 2.45) is 7.05 Å². The third-order valence-electron chi connectivity index (χ3n) is 3.19. The predicted molar refractivity (Wildman–Crippen MR) is 82.5 cm³/mol. The fraction of sp³-hybridized carbons (Fsp3) is 0.400. The summed E-state index contributed by atoms with van der Waals surface area (Å²) in [5.74, 6) is -0.123. The summed E-state index contributed by atoms with van der Waals surface area (Å²) in [7, 11) is 1.85. The van der Waals surface area contributed by atoms with Crippen LogP contribution in [0.1, 0.15) is 25.2 Å². The Morgan fingerprint density at radius 3 is 2.71 bits per heavy atom. The van der Waals surface area contributed by atoms with Crippen molar-refractivity contribution in [1.29, 1.82) is 0 Å². The zero-order valence-corrected chi connectivity index (χ0v) is 13.2. The van der Waals surface area contributed by atoms with E-state index in [1.54, 1.807) is 16.8 Å². The molecule has 0 fully saturated rings. The van der Waals surface area contributed by atoms with Gasteiger partial charge in [0.15, 0.2) is 11.6 Å². The summed E-state index contributed by atoms with van der Waals surface area (Å²) < 4.78 is 20.7. The number of nitrogens with zero attached hydrogens (tertiary/aromatic N) is 2. The van der Waals surface area contributed by atoms with E-state index in [-0.39, 0.29) is 11.6 Å². The smallest absolute Gasteiger partial charge is 0.167 e. The Morgan fingerprint density at radius 2 is 2.14 bits per heavy atom. The summed E-state index contributed by atoms with van der Waals surface area (Å²) in [6.07, 6.45) is 0.782. The van der Waals surface area contributed by atoms with Crippen LogP contribution in [-0.4, -0.2) is 16.4 Å². The lowest BCUT2D eigenvalue weighted by atomic mass is 10.2. The van der Waals surface area contributed by atoms with Crippen molar-refractivity contribution in [3.05, 3.63) is 40.4 Å². The number of aryl methyl sites for hydroxylation is 2. The normalized spacial score (nSPS) is 10.7. The molecule has 6 heteroatoms. The molecule has 114 valence electrons. The van der Waals surface area contributed by atoms with Gasteiger partial charge in [-0.25, -0.2) is 4.39 Å². The Balaban J connectivity index is 2.10. The molecule has 21 heavy (non-hydrogen) atoms. The first kappa shape index (κ1) is 15.6. The van der Waals surface area contributed by atoms with Crippen LogP contribution in [0.5, 0.6) is 5.75 Å². The Bertz CT molecular complexity index is 628. The molecule has 1 aromatic heterocycles. The van der Waals surface area contributed by atoms with Crippen molar-refractivity contribution >= 4 is 17.3 Å². The van der Waals surface area contributed by atoms with E-state index in [0.717, 1.165) is 17.8 Å². The van der Waals surface area contributed by atoms with Crippen molar-refractivity contribution in [2.75, 3.05) is 11.9 Å². The maximum atomic E-state index is 13.8. The Kier molecular flexibility index (Phi) is 5.07. The molecule has 0 spiro atoms. The topological polar surface area (TPSA) is 39.1 Å². The van der Waals surface area contributed by atoms with Crippen molar-refractivity contribution in [3.8, 4) is 5.75 Å². The van der Waals surface area contributed by atoms with Gasteiger partial charge in [-0.1, -0.05) is 18.5 Å². The lowest BCUT2D eigenvalue weighted by Gasteiger charge is -2.10. The highest BCUT2D eigenvalue weighted by Gasteiger charge is 2.13. The molecule has 1 N–H and O–H groups in total. The largest absolute Gasteiger partial charge is 0.491 e. The summed E-state index contributed by atoms with van der Waals surface area (Å²) in [5, 5.41) is 8.16. The lowest BCUT2D eigenvalue weighted by Crippen LogP contribution is -2.06. The fourth-order valence-corrected chi connectivity index (χ4v) is 2.44. The number of ether oxygens (including phenoxy) is 1. The van der Waals surface area contributed by atoms with Gasteiger partial charge in [0.25, 0.3) is 0 Å². The van der Waals surface area contributed by atoms with Crippen molar-refractivity contribution in [2.45, 2.75) is 26.8 Å². The average Bonchev–Trinajstić information content (AvgIpc) is 2.74. The molecule has 0 amide bonds. The zero-order valence-electron chi connectivity index (χ0n) is 12.4. The Labute approximate surface area is 128 Å². The van der Waals surface area contributed by atoms with Gasteiger partial charge in [0.2, 0.25) is 0 Å². The highest BCUT2D eigenvalue weighted by Crippen LogP contribution is 2.24. The van der Waals surface area contributed by atoms with E-state index in [1.807, 2.05) is 20.9 Å². The summed E-state index contributed by atoms with van der Waals surface area (Å²) >= 11 is 6.28. The van der Waals surface area contributed by atoms with E-state index >= 15 is 0 Å². The maximum Gasteiger partial charge on any atom is 0.167 e. The van der Waals surface area contributed by atoms with Gasteiger partial charge in [0.05, 0.1) is 29.6 Å². The van der Waals surface area contributed by atoms with Gasteiger partial charge in [0, 0.05) is 18.8 Å². The third kappa shape index (κ3) is 3.47. The number of aromatic nitrogens is 2. The van der Waals surface area contributed by atoms with Crippen LogP contribution in [0.2, 0.25) is 5.02 Å². The van der Waals surface area contributed by atoms with E-state index < -0.39 is 0 Å². The maximum absolute atomic E-state index is 13.8. The average molecular weight is 312 g/mol.